The molecule has 0 radical (unpaired) electrons. The molecule has 0 fully saturated rings. The zero-order valence-corrected chi connectivity index (χ0v) is 10.4. The Bertz CT molecular complexity index is 391. The van der Waals surface area contributed by atoms with E-state index in [1.165, 1.54) is 10.4 Å². The second-order valence-electron chi connectivity index (χ2n) is 3.97. The number of thiophene rings is 1. The van der Waals surface area contributed by atoms with E-state index in [4.69, 9.17) is 16.7 Å². The monoisotopic (exact) mass is 259 g/mol. The minimum atomic E-state index is -0.758. The van der Waals surface area contributed by atoms with Gasteiger partial charge in [-0.3, -0.25) is 4.79 Å². The molecule has 0 amide bonds. The molecule has 3 nitrogen and oxygen atoms in total. The fourth-order valence-corrected chi connectivity index (χ4v) is 3.47. The number of nitrogens with one attached hydrogen (secondary N) is 1. The van der Waals surface area contributed by atoms with Crippen LogP contribution in [0.2, 0.25) is 4.34 Å². The first-order valence-corrected chi connectivity index (χ1v) is 6.59. The SMILES string of the molecule is O=C(O)CCNC1CCCc2sc(Cl)cc21. The van der Waals surface area contributed by atoms with Crippen LogP contribution in [0.15, 0.2) is 6.07 Å². The van der Waals surface area contributed by atoms with E-state index in [9.17, 15) is 4.79 Å². The van der Waals surface area contributed by atoms with E-state index in [2.05, 4.69) is 5.32 Å². The smallest absolute Gasteiger partial charge is 0.304 e. The second-order valence-corrected chi connectivity index (χ2v) is 5.74. The Labute approximate surface area is 103 Å². The lowest BCUT2D eigenvalue weighted by molar-refractivity contribution is -0.136. The summed E-state index contributed by atoms with van der Waals surface area (Å²) in [5.41, 5.74) is 1.27. The van der Waals surface area contributed by atoms with Crippen molar-refractivity contribution in [3.8, 4) is 0 Å². The number of rotatable bonds is 4. The number of aryl methyl sites for hydroxylation is 1. The minimum absolute atomic E-state index is 0.170. The van der Waals surface area contributed by atoms with Crippen molar-refractivity contribution in [2.75, 3.05) is 6.54 Å². The first kappa shape index (κ1) is 11.9. The van der Waals surface area contributed by atoms with Crippen LogP contribution in [0.3, 0.4) is 0 Å². The number of halogens is 1. The Morgan fingerprint density at radius 1 is 1.69 bits per heavy atom. The average Bonchev–Trinajstić information content (AvgIpc) is 2.58. The molecule has 88 valence electrons. The van der Waals surface area contributed by atoms with Crippen LogP contribution in [-0.2, 0) is 11.2 Å². The van der Waals surface area contributed by atoms with E-state index in [0.29, 0.717) is 6.54 Å². The largest absolute Gasteiger partial charge is 0.481 e. The maximum Gasteiger partial charge on any atom is 0.304 e. The van der Waals surface area contributed by atoms with Gasteiger partial charge >= 0.3 is 5.97 Å². The maximum absolute atomic E-state index is 10.4. The Kier molecular flexibility index (Phi) is 3.84. The summed E-state index contributed by atoms with van der Waals surface area (Å²) in [6.07, 6.45) is 3.49. The zero-order chi connectivity index (χ0) is 11.5. The third-order valence-corrected chi connectivity index (χ3v) is 4.15. The van der Waals surface area contributed by atoms with Crippen molar-refractivity contribution in [1.29, 1.82) is 0 Å². The van der Waals surface area contributed by atoms with Crippen LogP contribution in [0.4, 0.5) is 0 Å². The first-order chi connectivity index (χ1) is 7.66. The fourth-order valence-electron chi connectivity index (χ4n) is 2.09. The van der Waals surface area contributed by atoms with E-state index in [1.807, 2.05) is 6.07 Å². The van der Waals surface area contributed by atoms with Gasteiger partial charge in [-0.05, 0) is 30.9 Å². The summed E-state index contributed by atoms with van der Waals surface area (Å²) in [7, 11) is 0. The Hall–Kier alpha value is -0.580. The number of hydrogen-bond donors (Lipinski definition) is 2. The van der Waals surface area contributed by atoms with Gasteiger partial charge in [-0.15, -0.1) is 11.3 Å². The van der Waals surface area contributed by atoms with Gasteiger partial charge in [-0.25, -0.2) is 0 Å². The molecule has 5 heteroatoms. The van der Waals surface area contributed by atoms with Crippen LogP contribution in [0, 0.1) is 0 Å². The molecule has 0 aromatic carbocycles. The standard InChI is InChI=1S/C11H14ClNO2S/c12-10-6-7-8(13-5-4-11(14)15)2-1-3-9(7)16-10/h6,8,13H,1-5H2,(H,14,15). The van der Waals surface area contributed by atoms with Crippen LogP contribution >= 0.6 is 22.9 Å². The van der Waals surface area contributed by atoms with Gasteiger partial charge in [0.15, 0.2) is 0 Å². The minimum Gasteiger partial charge on any atom is -0.481 e. The highest BCUT2D eigenvalue weighted by Gasteiger charge is 2.22. The summed E-state index contributed by atoms with van der Waals surface area (Å²) in [5.74, 6) is -0.758. The summed E-state index contributed by atoms with van der Waals surface area (Å²) in [4.78, 5) is 11.8. The molecule has 0 spiro atoms. The van der Waals surface area contributed by atoms with Crippen LogP contribution < -0.4 is 5.32 Å². The summed E-state index contributed by atoms with van der Waals surface area (Å²) >= 11 is 7.64. The average molecular weight is 260 g/mol. The molecule has 1 aliphatic rings. The number of fused-ring (bicyclic) bond motifs is 1. The molecule has 1 atom stereocenters. The molecule has 2 N–H and O–H groups in total. The summed E-state index contributed by atoms with van der Waals surface area (Å²) < 4.78 is 0.830. The van der Waals surface area contributed by atoms with Crippen LogP contribution in [0.1, 0.15) is 35.7 Å². The molecule has 0 aliphatic heterocycles. The van der Waals surface area contributed by atoms with Crippen molar-refractivity contribution in [1.82, 2.24) is 5.32 Å². The van der Waals surface area contributed by atoms with Crippen LogP contribution in [-0.4, -0.2) is 17.6 Å². The topological polar surface area (TPSA) is 49.3 Å². The summed E-state index contributed by atoms with van der Waals surface area (Å²) in [6, 6.07) is 2.30. The van der Waals surface area contributed by atoms with Crippen molar-refractivity contribution < 1.29 is 9.90 Å². The summed E-state index contributed by atoms with van der Waals surface area (Å²) in [6.45, 7) is 0.521. The summed E-state index contributed by atoms with van der Waals surface area (Å²) in [5, 5.41) is 11.9. The lowest BCUT2D eigenvalue weighted by Crippen LogP contribution is -2.26. The quantitative estimate of drug-likeness (QED) is 0.874. The van der Waals surface area contributed by atoms with Crippen LogP contribution in [0.25, 0.3) is 0 Å². The van der Waals surface area contributed by atoms with E-state index in [1.54, 1.807) is 11.3 Å². The van der Waals surface area contributed by atoms with Crippen LogP contribution in [0.5, 0.6) is 0 Å². The number of carboxylic acid groups (broad SMARTS) is 1. The second kappa shape index (κ2) is 5.17. The Morgan fingerprint density at radius 3 is 3.25 bits per heavy atom. The van der Waals surface area contributed by atoms with Gasteiger partial charge < -0.3 is 10.4 Å². The third-order valence-electron chi connectivity index (χ3n) is 2.81. The van der Waals surface area contributed by atoms with Crippen molar-refractivity contribution in [3.05, 3.63) is 20.8 Å². The number of hydrogen-bond acceptors (Lipinski definition) is 3. The van der Waals surface area contributed by atoms with E-state index < -0.39 is 5.97 Å². The molecule has 0 saturated carbocycles. The van der Waals surface area contributed by atoms with E-state index >= 15 is 0 Å². The Morgan fingerprint density at radius 2 is 2.50 bits per heavy atom. The fraction of sp³-hybridized carbons (Fsp3) is 0.545. The van der Waals surface area contributed by atoms with Gasteiger partial charge in [-0.2, -0.15) is 0 Å². The highest BCUT2D eigenvalue weighted by Crippen LogP contribution is 2.37. The molecular formula is C11H14ClNO2S. The van der Waals surface area contributed by atoms with Gasteiger partial charge in [0.1, 0.15) is 0 Å². The maximum atomic E-state index is 10.4. The number of carboxylic acids is 1. The molecule has 1 heterocycles. The molecule has 1 unspecified atom stereocenters. The van der Waals surface area contributed by atoms with Crippen molar-refractivity contribution >= 4 is 28.9 Å². The molecule has 0 saturated heterocycles. The van der Waals surface area contributed by atoms with Crippen molar-refractivity contribution in [3.63, 3.8) is 0 Å². The molecule has 16 heavy (non-hydrogen) atoms. The van der Waals surface area contributed by atoms with Gasteiger partial charge in [0.2, 0.25) is 0 Å². The van der Waals surface area contributed by atoms with Crippen molar-refractivity contribution in [2.45, 2.75) is 31.7 Å². The lowest BCUT2D eigenvalue weighted by atomic mass is 9.94. The molecule has 1 aliphatic carbocycles. The molecule has 2 rings (SSSR count). The molecule has 1 aromatic rings. The Balaban J connectivity index is 1.98. The van der Waals surface area contributed by atoms with Gasteiger partial charge in [-0.1, -0.05) is 11.6 Å². The van der Waals surface area contributed by atoms with E-state index in [-0.39, 0.29) is 12.5 Å². The number of carbonyl (C=O) groups is 1. The highest BCUT2D eigenvalue weighted by molar-refractivity contribution is 7.16. The predicted molar refractivity (Wildman–Crippen MR) is 65.3 cm³/mol. The first-order valence-electron chi connectivity index (χ1n) is 5.40. The van der Waals surface area contributed by atoms with Gasteiger partial charge in [0.25, 0.3) is 0 Å². The lowest BCUT2D eigenvalue weighted by Gasteiger charge is -2.23. The normalized spacial score (nSPS) is 19.4. The highest BCUT2D eigenvalue weighted by atomic mass is 35.5. The molecule has 1 aromatic heterocycles. The van der Waals surface area contributed by atoms with Gasteiger partial charge in [0, 0.05) is 17.5 Å². The number of aliphatic carboxylic acids is 1. The zero-order valence-electron chi connectivity index (χ0n) is 8.83. The predicted octanol–water partition coefficient (Wildman–Crippen LogP) is 2.84. The molecule has 0 bridgehead atoms. The molecular weight excluding hydrogens is 246 g/mol. The van der Waals surface area contributed by atoms with Crippen molar-refractivity contribution in [2.24, 2.45) is 0 Å². The van der Waals surface area contributed by atoms with Gasteiger partial charge in [0.05, 0.1) is 10.8 Å². The van der Waals surface area contributed by atoms with E-state index in [0.717, 1.165) is 23.6 Å². The third kappa shape index (κ3) is 2.75.